The van der Waals surface area contributed by atoms with Gasteiger partial charge in [-0.15, -0.1) is 0 Å². The van der Waals surface area contributed by atoms with Crippen molar-refractivity contribution < 1.29 is 14.2 Å². The van der Waals surface area contributed by atoms with E-state index in [1.54, 1.807) is 7.11 Å². The molecule has 1 atom stereocenters. The van der Waals surface area contributed by atoms with Crippen LogP contribution in [-0.2, 0) is 14.2 Å². The topological polar surface area (TPSA) is 27.7 Å². The molecule has 0 fully saturated rings. The largest absolute Gasteiger partial charge is 0.331 e. The Hall–Kier alpha value is -0.120. The second-order valence-corrected chi connectivity index (χ2v) is 6.90. The molecule has 0 rings (SSSR count). The molecule has 0 spiro atoms. The van der Waals surface area contributed by atoms with Gasteiger partial charge in [0, 0.05) is 13.0 Å². The van der Waals surface area contributed by atoms with E-state index >= 15 is 0 Å². The number of methoxy groups -OCH3 is 1. The van der Waals surface area contributed by atoms with Crippen LogP contribution in [0.15, 0.2) is 0 Å². The summed E-state index contributed by atoms with van der Waals surface area (Å²) in [7, 11) is 1.74. The molecule has 0 aromatic rings. The molecule has 3 heteroatoms. The van der Waals surface area contributed by atoms with Crippen LogP contribution in [0, 0.1) is 5.92 Å². The minimum Gasteiger partial charge on any atom is -0.331 e. The van der Waals surface area contributed by atoms with E-state index < -0.39 is 5.97 Å². The van der Waals surface area contributed by atoms with Gasteiger partial charge in [-0.3, -0.25) is 0 Å². The van der Waals surface area contributed by atoms with E-state index in [2.05, 4.69) is 27.7 Å². The fourth-order valence-corrected chi connectivity index (χ4v) is 3.17. The standard InChI is InChI=1S/C21H44O3/c1-6-10-12-13-14-15-17-20(16-11-7-2)21(22-5,23-18-8-3)24-19-9-4/h20H,6-19H2,1-5H3. The minimum absolute atomic E-state index is 0.326. The van der Waals surface area contributed by atoms with Crippen molar-refractivity contribution in [2.24, 2.45) is 5.92 Å². The fourth-order valence-electron chi connectivity index (χ4n) is 3.17. The summed E-state index contributed by atoms with van der Waals surface area (Å²) in [5, 5.41) is 0. The fraction of sp³-hybridized carbons (Fsp3) is 1.00. The number of ether oxygens (including phenoxy) is 3. The van der Waals surface area contributed by atoms with Crippen LogP contribution in [0.1, 0.15) is 105 Å². The molecule has 0 saturated heterocycles. The first-order chi connectivity index (χ1) is 11.7. The molecular weight excluding hydrogens is 300 g/mol. The summed E-state index contributed by atoms with van der Waals surface area (Å²) in [6.45, 7) is 10.2. The zero-order valence-electron chi connectivity index (χ0n) is 17.2. The lowest BCUT2D eigenvalue weighted by molar-refractivity contribution is -0.398. The Labute approximate surface area is 151 Å². The van der Waals surface area contributed by atoms with Gasteiger partial charge in [0.25, 0.3) is 5.97 Å². The lowest BCUT2D eigenvalue weighted by Crippen LogP contribution is -2.46. The molecule has 0 aliphatic carbocycles. The summed E-state index contributed by atoms with van der Waals surface area (Å²) in [6.07, 6.45) is 14.6. The lowest BCUT2D eigenvalue weighted by atomic mass is 9.92. The van der Waals surface area contributed by atoms with E-state index in [-0.39, 0.29) is 0 Å². The first-order valence-corrected chi connectivity index (χ1v) is 10.5. The predicted octanol–water partition coefficient (Wildman–Crippen LogP) is 6.70. The summed E-state index contributed by atoms with van der Waals surface area (Å²) < 4.78 is 18.1. The molecule has 24 heavy (non-hydrogen) atoms. The summed E-state index contributed by atoms with van der Waals surface area (Å²) in [5.41, 5.74) is 0. The van der Waals surface area contributed by atoms with Crippen LogP contribution < -0.4 is 0 Å². The first-order valence-electron chi connectivity index (χ1n) is 10.5. The Morgan fingerprint density at radius 3 is 1.62 bits per heavy atom. The molecule has 0 aliphatic rings. The maximum Gasteiger partial charge on any atom is 0.285 e. The van der Waals surface area contributed by atoms with Gasteiger partial charge in [-0.1, -0.05) is 79.1 Å². The Morgan fingerprint density at radius 2 is 1.12 bits per heavy atom. The van der Waals surface area contributed by atoms with Crippen molar-refractivity contribution in [3.05, 3.63) is 0 Å². The van der Waals surface area contributed by atoms with E-state index in [1.165, 1.54) is 51.4 Å². The Kier molecular flexibility index (Phi) is 16.3. The highest BCUT2D eigenvalue weighted by Crippen LogP contribution is 2.34. The molecule has 1 unspecified atom stereocenters. The van der Waals surface area contributed by atoms with Gasteiger partial charge in [0.2, 0.25) is 0 Å². The molecule has 146 valence electrons. The SMILES string of the molecule is CCCCCCCCC(CCCC)C(OC)(OCCC)OCCC. The molecule has 0 aromatic carbocycles. The van der Waals surface area contributed by atoms with Gasteiger partial charge in [0.15, 0.2) is 0 Å². The molecule has 0 bridgehead atoms. The molecule has 0 N–H and O–H groups in total. The van der Waals surface area contributed by atoms with Crippen molar-refractivity contribution in [1.82, 2.24) is 0 Å². The summed E-state index contributed by atoms with van der Waals surface area (Å²) in [4.78, 5) is 0. The third-order valence-corrected chi connectivity index (χ3v) is 4.61. The monoisotopic (exact) mass is 344 g/mol. The van der Waals surface area contributed by atoms with Crippen LogP contribution in [-0.4, -0.2) is 26.3 Å². The van der Waals surface area contributed by atoms with Crippen molar-refractivity contribution in [3.8, 4) is 0 Å². The number of unbranched alkanes of at least 4 members (excludes halogenated alkanes) is 6. The third-order valence-electron chi connectivity index (χ3n) is 4.61. The van der Waals surface area contributed by atoms with E-state index in [0.717, 1.165) is 25.7 Å². The van der Waals surface area contributed by atoms with Gasteiger partial charge in [-0.05, 0) is 25.7 Å². The van der Waals surface area contributed by atoms with Gasteiger partial charge in [0.1, 0.15) is 0 Å². The highest BCUT2D eigenvalue weighted by molar-refractivity contribution is 4.72. The van der Waals surface area contributed by atoms with Crippen LogP contribution >= 0.6 is 0 Å². The molecule has 0 amide bonds. The molecule has 0 aromatic heterocycles. The van der Waals surface area contributed by atoms with E-state index in [0.29, 0.717) is 19.1 Å². The molecule has 0 heterocycles. The number of hydrogen-bond acceptors (Lipinski definition) is 3. The van der Waals surface area contributed by atoms with Gasteiger partial charge in [-0.25, -0.2) is 0 Å². The zero-order chi connectivity index (χ0) is 18.1. The predicted molar refractivity (Wildman–Crippen MR) is 103 cm³/mol. The quantitative estimate of drug-likeness (QED) is 0.204. The second kappa shape index (κ2) is 16.4. The van der Waals surface area contributed by atoms with E-state index in [9.17, 15) is 0 Å². The minimum atomic E-state index is -0.843. The van der Waals surface area contributed by atoms with Gasteiger partial charge < -0.3 is 14.2 Å². The highest BCUT2D eigenvalue weighted by Gasteiger charge is 2.40. The van der Waals surface area contributed by atoms with Crippen LogP contribution in [0.4, 0.5) is 0 Å². The Morgan fingerprint density at radius 1 is 0.625 bits per heavy atom. The maximum atomic E-state index is 6.14. The van der Waals surface area contributed by atoms with Crippen LogP contribution in [0.5, 0.6) is 0 Å². The second-order valence-electron chi connectivity index (χ2n) is 6.90. The smallest absolute Gasteiger partial charge is 0.285 e. The van der Waals surface area contributed by atoms with Crippen molar-refractivity contribution in [2.45, 2.75) is 111 Å². The Bertz CT molecular complexity index is 247. The number of rotatable bonds is 18. The van der Waals surface area contributed by atoms with E-state index in [1.807, 2.05) is 0 Å². The van der Waals surface area contributed by atoms with Crippen molar-refractivity contribution >= 4 is 0 Å². The van der Waals surface area contributed by atoms with Crippen LogP contribution in [0.2, 0.25) is 0 Å². The summed E-state index contributed by atoms with van der Waals surface area (Å²) >= 11 is 0. The van der Waals surface area contributed by atoms with E-state index in [4.69, 9.17) is 14.2 Å². The Balaban J connectivity index is 4.72. The summed E-state index contributed by atoms with van der Waals surface area (Å²) in [5.74, 6) is -0.517. The van der Waals surface area contributed by atoms with Gasteiger partial charge in [0.05, 0.1) is 13.2 Å². The van der Waals surface area contributed by atoms with Crippen LogP contribution in [0.25, 0.3) is 0 Å². The lowest BCUT2D eigenvalue weighted by Gasteiger charge is -2.39. The van der Waals surface area contributed by atoms with Crippen molar-refractivity contribution in [3.63, 3.8) is 0 Å². The van der Waals surface area contributed by atoms with Crippen LogP contribution in [0.3, 0.4) is 0 Å². The first kappa shape index (κ1) is 23.9. The van der Waals surface area contributed by atoms with Gasteiger partial charge >= 0.3 is 0 Å². The average molecular weight is 345 g/mol. The normalized spacial score (nSPS) is 13.4. The maximum absolute atomic E-state index is 6.14. The molecule has 3 nitrogen and oxygen atoms in total. The molecule has 0 radical (unpaired) electrons. The molecule has 0 saturated carbocycles. The summed E-state index contributed by atoms with van der Waals surface area (Å²) in [6, 6.07) is 0. The van der Waals surface area contributed by atoms with Gasteiger partial charge in [-0.2, -0.15) is 0 Å². The zero-order valence-corrected chi connectivity index (χ0v) is 17.2. The third kappa shape index (κ3) is 10.0. The van der Waals surface area contributed by atoms with Crippen molar-refractivity contribution in [2.75, 3.05) is 20.3 Å². The van der Waals surface area contributed by atoms with Crippen molar-refractivity contribution in [1.29, 1.82) is 0 Å². The molecule has 0 aliphatic heterocycles. The highest BCUT2D eigenvalue weighted by atomic mass is 16.9. The molecular formula is C21H44O3. The number of hydrogen-bond donors (Lipinski definition) is 0. The average Bonchev–Trinajstić information content (AvgIpc) is 2.61.